The van der Waals surface area contributed by atoms with E-state index in [1.54, 1.807) is 24.2 Å². The van der Waals surface area contributed by atoms with Crippen molar-refractivity contribution < 1.29 is 13.3 Å². The number of non-ortho nitro benzene ring substituents is 1. The van der Waals surface area contributed by atoms with Crippen LogP contribution in [0.3, 0.4) is 0 Å². The summed E-state index contributed by atoms with van der Waals surface area (Å²) in [6.07, 6.45) is 3.17. The highest BCUT2D eigenvalue weighted by molar-refractivity contribution is 7.98. The lowest BCUT2D eigenvalue weighted by Crippen LogP contribution is -2.10. The normalized spacial score (nSPS) is 11.4. The third-order valence-electron chi connectivity index (χ3n) is 3.87. The standard InChI is InChI=1S/C18H16N2O4S2/c1-14-11-19(12-15(14)13-25-17-5-3-2-4-6-17)26(23,24)18-9-7-16(8-10-18)20(21)22/h2-12H,13H2,1H3. The summed E-state index contributed by atoms with van der Waals surface area (Å²) >= 11 is 1.63. The minimum atomic E-state index is -3.78. The minimum Gasteiger partial charge on any atom is -0.258 e. The van der Waals surface area contributed by atoms with E-state index in [1.165, 1.54) is 28.2 Å². The number of nitro benzene ring substituents is 1. The molecule has 26 heavy (non-hydrogen) atoms. The average Bonchev–Trinajstić information content (AvgIpc) is 3.02. The van der Waals surface area contributed by atoms with Gasteiger partial charge in [-0.3, -0.25) is 10.1 Å². The van der Waals surface area contributed by atoms with Crippen molar-refractivity contribution in [1.29, 1.82) is 0 Å². The summed E-state index contributed by atoms with van der Waals surface area (Å²) in [7, 11) is -3.78. The molecule has 0 spiro atoms. The second kappa shape index (κ2) is 7.35. The van der Waals surface area contributed by atoms with E-state index in [0.29, 0.717) is 5.75 Å². The molecule has 0 N–H and O–H groups in total. The summed E-state index contributed by atoms with van der Waals surface area (Å²) in [5, 5.41) is 10.7. The Morgan fingerprint density at radius 2 is 1.69 bits per heavy atom. The first-order valence-corrected chi connectivity index (χ1v) is 10.2. The highest BCUT2D eigenvalue weighted by Gasteiger charge is 2.19. The van der Waals surface area contributed by atoms with E-state index in [2.05, 4.69) is 0 Å². The van der Waals surface area contributed by atoms with Crippen LogP contribution in [0.1, 0.15) is 11.1 Å². The molecule has 134 valence electrons. The van der Waals surface area contributed by atoms with Gasteiger partial charge in [0.15, 0.2) is 0 Å². The molecule has 1 heterocycles. The van der Waals surface area contributed by atoms with E-state index in [4.69, 9.17) is 0 Å². The van der Waals surface area contributed by atoms with Crippen LogP contribution in [0, 0.1) is 17.0 Å². The van der Waals surface area contributed by atoms with Crippen molar-refractivity contribution in [3.63, 3.8) is 0 Å². The summed E-state index contributed by atoms with van der Waals surface area (Å²) in [4.78, 5) is 11.3. The van der Waals surface area contributed by atoms with Crippen molar-refractivity contribution in [1.82, 2.24) is 3.97 Å². The van der Waals surface area contributed by atoms with Crippen LogP contribution < -0.4 is 0 Å². The smallest absolute Gasteiger partial charge is 0.258 e. The van der Waals surface area contributed by atoms with E-state index in [0.717, 1.165) is 16.0 Å². The van der Waals surface area contributed by atoms with Crippen LogP contribution in [0.4, 0.5) is 5.69 Å². The Balaban J connectivity index is 1.83. The zero-order chi connectivity index (χ0) is 18.7. The fraction of sp³-hybridized carbons (Fsp3) is 0.111. The van der Waals surface area contributed by atoms with Gasteiger partial charge in [-0.05, 0) is 42.3 Å². The van der Waals surface area contributed by atoms with Crippen molar-refractivity contribution >= 4 is 27.5 Å². The van der Waals surface area contributed by atoms with Gasteiger partial charge in [0.25, 0.3) is 15.7 Å². The summed E-state index contributed by atoms with van der Waals surface area (Å²) < 4.78 is 26.7. The van der Waals surface area contributed by atoms with Gasteiger partial charge in [0.1, 0.15) is 0 Å². The molecular weight excluding hydrogens is 372 g/mol. The lowest BCUT2D eigenvalue weighted by atomic mass is 10.2. The highest BCUT2D eigenvalue weighted by atomic mass is 32.2. The van der Waals surface area contributed by atoms with Crippen LogP contribution in [0.15, 0.2) is 76.8 Å². The summed E-state index contributed by atoms with van der Waals surface area (Å²) in [5.41, 5.74) is 1.65. The molecule has 0 bridgehead atoms. The molecule has 0 aliphatic rings. The first-order valence-electron chi connectivity index (χ1n) is 7.73. The molecule has 2 aromatic carbocycles. The molecule has 0 saturated carbocycles. The number of rotatable bonds is 6. The summed E-state index contributed by atoms with van der Waals surface area (Å²) in [6, 6.07) is 14.8. The Morgan fingerprint density at radius 3 is 2.31 bits per heavy atom. The molecule has 0 aliphatic carbocycles. The zero-order valence-electron chi connectivity index (χ0n) is 13.9. The summed E-state index contributed by atoms with van der Waals surface area (Å²) in [6.45, 7) is 1.86. The molecule has 0 fully saturated rings. The highest BCUT2D eigenvalue weighted by Crippen LogP contribution is 2.26. The second-order valence-electron chi connectivity index (χ2n) is 5.65. The van der Waals surface area contributed by atoms with Gasteiger partial charge in [-0.15, -0.1) is 11.8 Å². The Labute approximate surface area is 155 Å². The lowest BCUT2D eigenvalue weighted by Gasteiger charge is -2.05. The van der Waals surface area contributed by atoms with Gasteiger partial charge in [0.2, 0.25) is 0 Å². The maximum Gasteiger partial charge on any atom is 0.269 e. The van der Waals surface area contributed by atoms with Gasteiger partial charge in [0, 0.05) is 35.2 Å². The molecule has 0 radical (unpaired) electrons. The lowest BCUT2D eigenvalue weighted by molar-refractivity contribution is -0.384. The Hall–Kier alpha value is -2.58. The maximum atomic E-state index is 12.7. The van der Waals surface area contributed by atoms with Crippen LogP contribution in [-0.2, 0) is 15.8 Å². The third kappa shape index (κ3) is 3.81. The predicted molar refractivity (Wildman–Crippen MR) is 101 cm³/mol. The topological polar surface area (TPSA) is 82.2 Å². The van der Waals surface area contributed by atoms with Crippen molar-refractivity contribution in [2.45, 2.75) is 22.5 Å². The molecular formula is C18H16N2O4S2. The average molecular weight is 388 g/mol. The fourth-order valence-corrected chi connectivity index (χ4v) is 4.66. The molecule has 0 unspecified atom stereocenters. The van der Waals surface area contributed by atoms with Gasteiger partial charge >= 0.3 is 0 Å². The molecule has 6 nitrogen and oxygen atoms in total. The van der Waals surface area contributed by atoms with E-state index < -0.39 is 14.9 Å². The largest absolute Gasteiger partial charge is 0.269 e. The summed E-state index contributed by atoms with van der Waals surface area (Å²) in [5.74, 6) is 0.651. The van der Waals surface area contributed by atoms with E-state index >= 15 is 0 Å². The zero-order valence-corrected chi connectivity index (χ0v) is 15.5. The van der Waals surface area contributed by atoms with E-state index in [9.17, 15) is 18.5 Å². The molecule has 0 amide bonds. The van der Waals surface area contributed by atoms with Crippen LogP contribution >= 0.6 is 11.8 Å². The molecule has 3 rings (SSSR count). The van der Waals surface area contributed by atoms with E-state index in [-0.39, 0.29) is 10.6 Å². The Kier molecular flexibility index (Phi) is 5.15. The van der Waals surface area contributed by atoms with Crippen molar-refractivity contribution in [3.8, 4) is 0 Å². The second-order valence-corrected chi connectivity index (χ2v) is 8.55. The number of thioether (sulfide) groups is 1. The van der Waals surface area contributed by atoms with Crippen molar-refractivity contribution in [2.75, 3.05) is 0 Å². The monoisotopic (exact) mass is 388 g/mol. The first kappa shape index (κ1) is 18.2. The molecule has 0 atom stereocenters. The number of aryl methyl sites for hydroxylation is 1. The Bertz CT molecular complexity index is 1030. The molecule has 1 aromatic heterocycles. The number of aromatic nitrogens is 1. The van der Waals surface area contributed by atoms with Crippen LogP contribution in [0.25, 0.3) is 0 Å². The SMILES string of the molecule is Cc1cn(S(=O)(=O)c2ccc([N+](=O)[O-])cc2)cc1CSc1ccccc1. The predicted octanol–water partition coefficient (Wildman–Crippen LogP) is 4.23. The van der Waals surface area contributed by atoms with Crippen LogP contribution in [-0.4, -0.2) is 17.3 Å². The number of benzene rings is 2. The van der Waals surface area contributed by atoms with Gasteiger partial charge in [-0.25, -0.2) is 12.4 Å². The Morgan fingerprint density at radius 1 is 1.04 bits per heavy atom. The van der Waals surface area contributed by atoms with Gasteiger partial charge in [0.05, 0.1) is 9.82 Å². The minimum absolute atomic E-state index is 0.0142. The molecule has 3 aromatic rings. The maximum absolute atomic E-state index is 12.7. The third-order valence-corrected chi connectivity index (χ3v) is 6.57. The van der Waals surface area contributed by atoms with Gasteiger partial charge in [-0.1, -0.05) is 18.2 Å². The van der Waals surface area contributed by atoms with Gasteiger partial charge < -0.3 is 0 Å². The number of hydrogen-bond donors (Lipinski definition) is 0. The van der Waals surface area contributed by atoms with E-state index in [1.807, 2.05) is 37.3 Å². The number of nitrogens with zero attached hydrogens (tertiary/aromatic N) is 2. The fourth-order valence-electron chi connectivity index (χ4n) is 2.40. The van der Waals surface area contributed by atoms with Crippen LogP contribution in [0.2, 0.25) is 0 Å². The molecule has 0 aliphatic heterocycles. The number of hydrogen-bond acceptors (Lipinski definition) is 5. The van der Waals surface area contributed by atoms with Gasteiger partial charge in [-0.2, -0.15) is 0 Å². The first-order chi connectivity index (χ1) is 12.4. The molecule has 8 heteroatoms. The van der Waals surface area contributed by atoms with Crippen molar-refractivity contribution in [2.24, 2.45) is 0 Å². The number of nitro groups is 1. The molecule has 0 saturated heterocycles. The quantitative estimate of drug-likeness (QED) is 0.358. The van der Waals surface area contributed by atoms with Crippen molar-refractivity contribution in [3.05, 3.63) is 88.2 Å². The van der Waals surface area contributed by atoms with Crippen LogP contribution in [0.5, 0.6) is 0 Å².